The van der Waals surface area contributed by atoms with Gasteiger partial charge in [0.25, 0.3) is 0 Å². The van der Waals surface area contributed by atoms with Crippen molar-refractivity contribution in [3.05, 3.63) is 12.2 Å². The van der Waals surface area contributed by atoms with Crippen molar-refractivity contribution in [3.8, 4) is 0 Å². The maximum absolute atomic E-state index is 9.05. The summed E-state index contributed by atoms with van der Waals surface area (Å²) < 4.78 is 24.9. The van der Waals surface area contributed by atoms with Crippen LogP contribution < -0.4 is 0 Å². The van der Waals surface area contributed by atoms with Gasteiger partial charge in [-0.3, -0.25) is 0 Å². The second-order valence-corrected chi connectivity index (χ2v) is 8.55. The summed E-state index contributed by atoms with van der Waals surface area (Å²) in [5, 5.41) is 9.05. The average Bonchev–Trinajstić information content (AvgIpc) is 3.25. The van der Waals surface area contributed by atoms with Crippen molar-refractivity contribution in [2.45, 2.75) is 95.7 Å². The van der Waals surface area contributed by atoms with Gasteiger partial charge in [-0.25, -0.2) is 0 Å². The Morgan fingerprint density at radius 1 is 1.14 bits per heavy atom. The predicted octanol–water partition coefficient (Wildman–Crippen LogP) is 4.58. The van der Waals surface area contributed by atoms with Crippen molar-refractivity contribution in [1.29, 1.82) is 0 Å². The van der Waals surface area contributed by atoms with Crippen LogP contribution in [0.25, 0.3) is 0 Å². The summed E-state index contributed by atoms with van der Waals surface area (Å²) in [5.74, 6) is 0.150. The third kappa shape index (κ3) is 5.79. The lowest BCUT2D eigenvalue weighted by atomic mass is 9.75. The third-order valence-corrected chi connectivity index (χ3v) is 6.46. The first-order chi connectivity index (χ1) is 13.8. The van der Waals surface area contributed by atoms with Gasteiger partial charge in [-0.1, -0.05) is 38.3 Å². The molecule has 3 saturated heterocycles. The molecule has 5 heteroatoms. The molecule has 3 aliphatic heterocycles. The van der Waals surface area contributed by atoms with E-state index in [-0.39, 0.29) is 19.0 Å². The van der Waals surface area contributed by atoms with Crippen molar-refractivity contribution in [2.24, 2.45) is 11.8 Å². The van der Waals surface area contributed by atoms with Gasteiger partial charge in [-0.15, -0.1) is 0 Å². The Bertz CT molecular complexity index is 462. The Hall–Kier alpha value is -0.460. The van der Waals surface area contributed by atoms with Crippen LogP contribution in [0.1, 0.15) is 77.6 Å². The number of aliphatic hydroxyl groups is 1. The molecule has 3 heterocycles. The minimum Gasteiger partial charge on any atom is -0.396 e. The number of allylic oxidation sites excluding steroid dienone is 1. The zero-order chi connectivity index (χ0) is 19.7. The first kappa shape index (κ1) is 22.2. The van der Waals surface area contributed by atoms with Crippen LogP contribution in [0.2, 0.25) is 0 Å². The van der Waals surface area contributed by atoms with Gasteiger partial charge in [0.15, 0.2) is 12.1 Å². The van der Waals surface area contributed by atoms with Gasteiger partial charge in [-0.05, 0) is 44.9 Å². The highest BCUT2D eigenvalue weighted by molar-refractivity contribution is 5.04. The van der Waals surface area contributed by atoms with Crippen molar-refractivity contribution >= 4 is 0 Å². The number of fused-ring (bicyclic) bond motifs is 2. The quantitative estimate of drug-likeness (QED) is 0.365. The second-order valence-electron chi connectivity index (χ2n) is 8.55. The minimum atomic E-state index is -0.521. The molecule has 0 aromatic heterocycles. The predicted molar refractivity (Wildman–Crippen MR) is 109 cm³/mol. The molecule has 0 aromatic carbocycles. The Morgan fingerprint density at radius 2 is 2.07 bits per heavy atom. The van der Waals surface area contributed by atoms with E-state index in [1.165, 1.54) is 19.3 Å². The normalized spacial score (nSPS) is 35.2. The highest BCUT2D eigenvalue weighted by Gasteiger charge is 2.60. The lowest BCUT2D eigenvalue weighted by Crippen LogP contribution is -2.45. The SMILES string of the molecule is CCCCCCOC[C@@H]1[C@@H]2CC[C@@](OC3CCCCO3)(O2)[C@@H]1C/C=C\CCO. The van der Waals surface area contributed by atoms with Gasteiger partial charge in [-0.2, -0.15) is 0 Å². The van der Waals surface area contributed by atoms with E-state index in [0.717, 1.165) is 64.8 Å². The first-order valence-corrected chi connectivity index (χ1v) is 11.6. The Kier molecular flexibility index (Phi) is 9.25. The summed E-state index contributed by atoms with van der Waals surface area (Å²) in [6.07, 6.45) is 16.1. The summed E-state index contributed by atoms with van der Waals surface area (Å²) >= 11 is 0. The number of aliphatic hydroxyl groups excluding tert-OH is 1. The second kappa shape index (κ2) is 11.7. The van der Waals surface area contributed by atoms with Crippen LogP contribution in [-0.2, 0) is 18.9 Å². The lowest BCUT2D eigenvalue weighted by molar-refractivity contribution is -0.307. The number of rotatable bonds is 13. The molecule has 3 rings (SSSR count). The molecule has 162 valence electrons. The molecule has 3 aliphatic rings. The average molecular weight is 397 g/mol. The summed E-state index contributed by atoms with van der Waals surface area (Å²) in [7, 11) is 0. The molecular formula is C23H40O5. The number of ether oxygens (including phenoxy) is 4. The van der Waals surface area contributed by atoms with E-state index < -0.39 is 5.79 Å². The molecule has 0 amide bonds. The molecule has 5 nitrogen and oxygen atoms in total. The Labute approximate surface area is 170 Å². The smallest absolute Gasteiger partial charge is 0.175 e. The summed E-state index contributed by atoms with van der Waals surface area (Å²) in [6.45, 7) is 4.82. The van der Waals surface area contributed by atoms with Crippen molar-refractivity contribution in [3.63, 3.8) is 0 Å². The summed E-state index contributed by atoms with van der Waals surface area (Å²) in [5.41, 5.74) is 0. The zero-order valence-electron chi connectivity index (χ0n) is 17.7. The fourth-order valence-corrected chi connectivity index (χ4v) is 4.94. The van der Waals surface area contributed by atoms with Crippen LogP contribution >= 0.6 is 0 Å². The van der Waals surface area contributed by atoms with Gasteiger partial charge < -0.3 is 24.1 Å². The molecule has 0 spiro atoms. The monoisotopic (exact) mass is 396 g/mol. The van der Waals surface area contributed by atoms with Crippen LogP contribution in [0.4, 0.5) is 0 Å². The zero-order valence-corrected chi connectivity index (χ0v) is 17.7. The lowest BCUT2D eigenvalue weighted by Gasteiger charge is -2.39. The molecule has 0 saturated carbocycles. The van der Waals surface area contributed by atoms with E-state index in [4.69, 9.17) is 24.1 Å². The minimum absolute atomic E-state index is 0.134. The molecular weight excluding hydrogens is 356 g/mol. The topological polar surface area (TPSA) is 57.2 Å². The van der Waals surface area contributed by atoms with Crippen LogP contribution in [0.5, 0.6) is 0 Å². The van der Waals surface area contributed by atoms with Crippen molar-refractivity contribution in [2.75, 3.05) is 26.4 Å². The van der Waals surface area contributed by atoms with E-state index in [0.29, 0.717) is 18.3 Å². The number of hydrogen-bond acceptors (Lipinski definition) is 5. The van der Waals surface area contributed by atoms with E-state index in [2.05, 4.69) is 19.1 Å². The third-order valence-electron chi connectivity index (χ3n) is 6.46. The van der Waals surface area contributed by atoms with Crippen LogP contribution in [0.15, 0.2) is 12.2 Å². The Morgan fingerprint density at radius 3 is 2.86 bits per heavy atom. The van der Waals surface area contributed by atoms with Gasteiger partial charge in [0, 0.05) is 38.1 Å². The molecule has 5 atom stereocenters. The van der Waals surface area contributed by atoms with E-state index >= 15 is 0 Å². The van der Waals surface area contributed by atoms with Crippen molar-refractivity contribution < 1.29 is 24.1 Å². The van der Waals surface area contributed by atoms with Gasteiger partial charge in [0.1, 0.15) is 0 Å². The highest BCUT2D eigenvalue weighted by Crippen LogP contribution is 2.54. The van der Waals surface area contributed by atoms with Crippen molar-refractivity contribution in [1.82, 2.24) is 0 Å². The maximum atomic E-state index is 9.05. The molecule has 0 aromatic rings. The van der Waals surface area contributed by atoms with E-state index in [1.54, 1.807) is 0 Å². The Balaban J connectivity index is 1.58. The summed E-state index contributed by atoms with van der Waals surface area (Å²) in [6, 6.07) is 0. The van der Waals surface area contributed by atoms with Crippen LogP contribution in [-0.4, -0.2) is 49.7 Å². The molecule has 0 aliphatic carbocycles. The molecule has 28 heavy (non-hydrogen) atoms. The van der Waals surface area contributed by atoms with Crippen LogP contribution in [0, 0.1) is 11.8 Å². The standard InChI is InChI=1S/C23H40O5/c1-2-3-4-9-16-25-18-19-20(11-6-5-8-15-24)23(14-13-21(19)27-23)28-22-12-7-10-17-26-22/h5-6,19-22,24H,2-4,7-18H2,1H3/b6-5-/t19-,20+,21-,22?,23-/m0/s1. The van der Waals surface area contributed by atoms with Gasteiger partial charge >= 0.3 is 0 Å². The number of unbranched alkanes of at least 4 members (excludes halogenated alkanes) is 3. The maximum Gasteiger partial charge on any atom is 0.175 e. The van der Waals surface area contributed by atoms with E-state index in [1.807, 2.05) is 0 Å². The van der Waals surface area contributed by atoms with E-state index in [9.17, 15) is 0 Å². The highest BCUT2D eigenvalue weighted by atomic mass is 16.8. The largest absolute Gasteiger partial charge is 0.396 e. The molecule has 2 bridgehead atoms. The first-order valence-electron chi connectivity index (χ1n) is 11.6. The fourth-order valence-electron chi connectivity index (χ4n) is 4.94. The molecule has 1 unspecified atom stereocenters. The fraction of sp³-hybridized carbons (Fsp3) is 0.913. The van der Waals surface area contributed by atoms with Gasteiger partial charge in [0.05, 0.1) is 12.7 Å². The molecule has 3 fully saturated rings. The summed E-state index contributed by atoms with van der Waals surface area (Å²) in [4.78, 5) is 0. The van der Waals surface area contributed by atoms with Gasteiger partial charge in [0.2, 0.25) is 0 Å². The van der Waals surface area contributed by atoms with Crippen LogP contribution in [0.3, 0.4) is 0 Å². The molecule has 0 radical (unpaired) electrons. The molecule has 1 N–H and O–H groups in total. The number of hydrogen-bond donors (Lipinski definition) is 1.